The Bertz CT molecular complexity index is 233. The molecule has 1 fully saturated rings. The highest BCUT2D eigenvalue weighted by Gasteiger charge is 2.40. The molecule has 0 amide bonds. The summed E-state index contributed by atoms with van der Waals surface area (Å²) in [5.41, 5.74) is 0. The van der Waals surface area contributed by atoms with Crippen LogP contribution < -0.4 is 0 Å². The molecule has 1 rings (SSSR count). The van der Waals surface area contributed by atoms with Crippen molar-refractivity contribution in [3.63, 3.8) is 0 Å². The molecule has 3 atom stereocenters. The van der Waals surface area contributed by atoms with Crippen LogP contribution in [0.4, 0.5) is 4.39 Å². The van der Waals surface area contributed by atoms with Gasteiger partial charge in [-0.2, -0.15) is 0 Å². The average molecular weight is 191 g/mol. The minimum atomic E-state index is -1.44. The lowest BCUT2D eigenvalue weighted by atomic mass is 9.84. The summed E-state index contributed by atoms with van der Waals surface area (Å²) in [6, 6.07) is -0.895. The highest BCUT2D eigenvalue weighted by atomic mass is 19.1. The van der Waals surface area contributed by atoms with Crippen molar-refractivity contribution in [2.45, 2.75) is 31.5 Å². The summed E-state index contributed by atoms with van der Waals surface area (Å²) in [7, 11) is 0. The topological polar surface area (TPSA) is 80.4 Å². The molecule has 0 bridgehead atoms. The van der Waals surface area contributed by atoms with E-state index in [0.717, 1.165) is 0 Å². The van der Waals surface area contributed by atoms with Gasteiger partial charge >= 0.3 is 5.97 Å². The largest absolute Gasteiger partial charge is 0.481 e. The number of alkyl halides is 1. The van der Waals surface area contributed by atoms with E-state index in [1.807, 2.05) is 0 Å². The van der Waals surface area contributed by atoms with E-state index in [2.05, 4.69) is 0 Å². The quantitative estimate of drug-likeness (QED) is 0.518. The number of hydrogen-bond acceptors (Lipinski definition) is 3. The molecule has 1 saturated carbocycles. The Morgan fingerprint density at radius 2 is 2.15 bits per heavy atom. The van der Waals surface area contributed by atoms with Crippen molar-refractivity contribution in [3.8, 4) is 0 Å². The molecule has 13 heavy (non-hydrogen) atoms. The van der Waals surface area contributed by atoms with Gasteiger partial charge in [-0.3, -0.25) is 14.9 Å². The van der Waals surface area contributed by atoms with E-state index >= 15 is 0 Å². The number of rotatable bonds is 2. The lowest BCUT2D eigenvalue weighted by Gasteiger charge is -2.24. The van der Waals surface area contributed by atoms with Gasteiger partial charge in [0.05, 0.1) is 5.92 Å². The zero-order valence-electron chi connectivity index (χ0n) is 6.85. The number of aliphatic carboxylic acids is 1. The van der Waals surface area contributed by atoms with Crippen molar-refractivity contribution < 1.29 is 19.2 Å². The highest BCUT2D eigenvalue weighted by molar-refractivity contribution is 5.70. The van der Waals surface area contributed by atoms with Crippen LogP contribution in [0.3, 0.4) is 0 Å². The van der Waals surface area contributed by atoms with E-state index in [0.29, 0.717) is 0 Å². The lowest BCUT2D eigenvalue weighted by Crippen LogP contribution is -2.37. The van der Waals surface area contributed by atoms with Gasteiger partial charge < -0.3 is 5.11 Å². The molecule has 0 spiro atoms. The molecule has 6 heteroatoms. The van der Waals surface area contributed by atoms with E-state index in [-0.39, 0.29) is 19.3 Å². The normalized spacial score (nSPS) is 34.1. The van der Waals surface area contributed by atoms with E-state index in [1.54, 1.807) is 0 Å². The van der Waals surface area contributed by atoms with Crippen LogP contribution in [0.25, 0.3) is 0 Å². The lowest BCUT2D eigenvalue weighted by molar-refractivity contribution is -0.528. The molecular weight excluding hydrogens is 181 g/mol. The Hall–Kier alpha value is -1.20. The van der Waals surface area contributed by atoms with Crippen LogP contribution in [-0.4, -0.2) is 28.2 Å². The van der Waals surface area contributed by atoms with Gasteiger partial charge in [-0.05, 0) is 6.42 Å². The Labute approximate surface area is 73.7 Å². The smallest absolute Gasteiger partial charge is 0.309 e. The second kappa shape index (κ2) is 3.68. The molecule has 1 aliphatic rings. The van der Waals surface area contributed by atoms with Crippen LogP contribution in [0.15, 0.2) is 0 Å². The maximum Gasteiger partial charge on any atom is 0.309 e. The summed E-state index contributed by atoms with van der Waals surface area (Å²) in [4.78, 5) is 20.3. The Balaban J connectivity index is 2.63. The summed E-state index contributed by atoms with van der Waals surface area (Å²) >= 11 is 0. The van der Waals surface area contributed by atoms with Crippen LogP contribution >= 0.6 is 0 Å². The van der Waals surface area contributed by atoms with Gasteiger partial charge in [0, 0.05) is 17.8 Å². The van der Waals surface area contributed by atoms with Gasteiger partial charge in [-0.25, -0.2) is 4.39 Å². The molecule has 1 aliphatic carbocycles. The number of nitrogens with zero attached hydrogens (tertiary/aromatic N) is 1. The van der Waals surface area contributed by atoms with E-state index in [1.165, 1.54) is 0 Å². The number of hydrogen-bond donors (Lipinski definition) is 1. The van der Waals surface area contributed by atoms with Gasteiger partial charge in [-0.1, -0.05) is 0 Å². The van der Waals surface area contributed by atoms with Gasteiger partial charge in [0.25, 0.3) is 0 Å². The number of carboxylic acids is 1. The second-order valence-corrected chi connectivity index (χ2v) is 3.21. The molecule has 0 aromatic rings. The monoisotopic (exact) mass is 191 g/mol. The van der Waals surface area contributed by atoms with Crippen molar-refractivity contribution in [1.29, 1.82) is 0 Å². The first-order valence-electron chi connectivity index (χ1n) is 4.02. The first-order chi connectivity index (χ1) is 6.02. The number of carbonyl (C=O) groups is 1. The molecule has 0 aromatic carbocycles. The summed E-state index contributed by atoms with van der Waals surface area (Å²) in [6.07, 6.45) is -1.52. The maximum absolute atomic E-state index is 12.9. The van der Waals surface area contributed by atoms with Gasteiger partial charge in [0.2, 0.25) is 6.04 Å². The molecule has 0 saturated heterocycles. The van der Waals surface area contributed by atoms with Crippen LogP contribution in [-0.2, 0) is 4.79 Å². The molecule has 3 unspecified atom stereocenters. The average Bonchev–Trinajstić information content (AvgIpc) is 2.04. The Morgan fingerprint density at radius 3 is 2.62 bits per heavy atom. The summed E-state index contributed by atoms with van der Waals surface area (Å²) in [5, 5.41) is 18.9. The SMILES string of the molecule is O=C(O)C1CC([N+](=O)[O-])CCC1F. The van der Waals surface area contributed by atoms with Crippen molar-refractivity contribution >= 4 is 5.97 Å². The molecule has 0 radical (unpaired) electrons. The number of nitro groups is 1. The molecule has 0 aliphatic heterocycles. The zero-order valence-corrected chi connectivity index (χ0v) is 6.85. The predicted molar refractivity (Wildman–Crippen MR) is 40.7 cm³/mol. The van der Waals surface area contributed by atoms with Crippen LogP contribution in [0.5, 0.6) is 0 Å². The first-order valence-corrected chi connectivity index (χ1v) is 4.02. The van der Waals surface area contributed by atoms with Crippen LogP contribution in [0.1, 0.15) is 19.3 Å². The third-order valence-electron chi connectivity index (χ3n) is 2.35. The third kappa shape index (κ3) is 2.13. The number of halogens is 1. The molecule has 0 heterocycles. The van der Waals surface area contributed by atoms with Crippen molar-refractivity contribution in [2.75, 3.05) is 0 Å². The summed E-state index contributed by atoms with van der Waals surface area (Å²) in [6.45, 7) is 0. The van der Waals surface area contributed by atoms with Gasteiger partial charge in [-0.15, -0.1) is 0 Å². The fourth-order valence-corrected chi connectivity index (χ4v) is 1.56. The zero-order chi connectivity index (χ0) is 10.0. The maximum atomic E-state index is 12.9. The fourth-order valence-electron chi connectivity index (χ4n) is 1.56. The minimum absolute atomic E-state index is 0.0252. The van der Waals surface area contributed by atoms with Gasteiger partial charge in [0.15, 0.2) is 0 Å². The molecule has 74 valence electrons. The Morgan fingerprint density at radius 1 is 1.54 bits per heavy atom. The predicted octanol–water partition coefficient (Wildman–Crippen LogP) is 0.855. The van der Waals surface area contributed by atoms with Crippen LogP contribution in [0, 0.1) is 16.0 Å². The van der Waals surface area contributed by atoms with E-state index < -0.39 is 29.0 Å². The molecular formula is C7H10FNO4. The molecule has 5 nitrogen and oxygen atoms in total. The molecule has 1 N–H and O–H groups in total. The Kier molecular flexibility index (Phi) is 2.79. The molecule has 0 aromatic heterocycles. The highest BCUT2D eigenvalue weighted by Crippen LogP contribution is 2.28. The third-order valence-corrected chi connectivity index (χ3v) is 2.35. The second-order valence-electron chi connectivity index (χ2n) is 3.21. The first kappa shape index (κ1) is 9.88. The van der Waals surface area contributed by atoms with Crippen molar-refractivity contribution in [3.05, 3.63) is 10.1 Å². The van der Waals surface area contributed by atoms with Crippen molar-refractivity contribution in [2.24, 2.45) is 5.92 Å². The van der Waals surface area contributed by atoms with E-state index in [9.17, 15) is 19.3 Å². The van der Waals surface area contributed by atoms with E-state index in [4.69, 9.17) is 5.11 Å². The number of carboxylic acid groups (broad SMARTS) is 1. The standard InChI is InChI=1S/C7H10FNO4/c8-6-2-1-4(9(12)13)3-5(6)7(10)11/h4-6H,1-3H2,(H,10,11). The van der Waals surface area contributed by atoms with Crippen molar-refractivity contribution in [1.82, 2.24) is 0 Å². The fraction of sp³-hybridized carbons (Fsp3) is 0.857. The van der Waals surface area contributed by atoms with Gasteiger partial charge in [0.1, 0.15) is 6.17 Å². The van der Waals surface area contributed by atoms with Crippen LogP contribution in [0.2, 0.25) is 0 Å². The summed E-state index contributed by atoms with van der Waals surface area (Å²) in [5.74, 6) is -2.48. The summed E-state index contributed by atoms with van der Waals surface area (Å²) < 4.78 is 12.9. The minimum Gasteiger partial charge on any atom is -0.481 e.